The minimum absolute atomic E-state index is 0.871. The largest absolute Gasteiger partial charge is 0.344 e. The van der Waals surface area contributed by atoms with Crippen LogP contribution in [0.2, 0.25) is 5.02 Å². The highest BCUT2D eigenvalue weighted by Gasteiger charge is 2.19. The number of hydrogen-bond donors (Lipinski definition) is 1. The van der Waals surface area contributed by atoms with Gasteiger partial charge in [0.05, 0.1) is 0 Å². The first-order valence-corrected chi connectivity index (χ1v) is 8.66. The van der Waals surface area contributed by atoms with Gasteiger partial charge in [0.1, 0.15) is 0 Å². The Hall–Kier alpha value is -1.77. The van der Waals surface area contributed by atoms with Gasteiger partial charge >= 0.3 is 0 Å². The molecular formula is C20H21ClN2. The molecule has 0 amide bonds. The van der Waals surface area contributed by atoms with E-state index < -0.39 is 0 Å². The fourth-order valence-corrected chi connectivity index (χ4v) is 3.91. The lowest BCUT2D eigenvalue weighted by atomic mass is 10.0. The molecular weight excluding hydrogens is 304 g/mol. The fourth-order valence-electron chi connectivity index (χ4n) is 3.68. The molecule has 1 N–H and O–H groups in total. The Morgan fingerprint density at radius 2 is 2.04 bits per heavy atom. The van der Waals surface area contributed by atoms with Gasteiger partial charge < -0.3 is 9.88 Å². The van der Waals surface area contributed by atoms with E-state index in [0.717, 1.165) is 37.5 Å². The molecule has 0 aliphatic carbocycles. The minimum Gasteiger partial charge on any atom is -0.344 e. The fraction of sp³-hybridized carbons (Fsp3) is 0.300. The number of aromatic nitrogens is 1. The van der Waals surface area contributed by atoms with Crippen LogP contribution in [0.15, 0.2) is 42.5 Å². The number of hydrogen-bond acceptors (Lipinski definition) is 1. The third-order valence-electron chi connectivity index (χ3n) is 4.85. The predicted molar refractivity (Wildman–Crippen MR) is 97.2 cm³/mol. The number of benzene rings is 2. The van der Waals surface area contributed by atoms with E-state index in [1.807, 2.05) is 12.1 Å². The van der Waals surface area contributed by atoms with Crippen molar-refractivity contribution in [1.82, 2.24) is 9.88 Å². The van der Waals surface area contributed by atoms with Crippen LogP contribution in [0, 0.1) is 6.92 Å². The summed E-state index contributed by atoms with van der Waals surface area (Å²) in [4.78, 5) is 0. The monoisotopic (exact) mass is 324 g/mol. The summed E-state index contributed by atoms with van der Waals surface area (Å²) in [5.41, 5.74) is 6.89. The minimum atomic E-state index is 0.871. The van der Waals surface area contributed by atoms with Crippen molar-refractivity contribution in [2.75, 3.05) is 6.54 Å². The highest BCUT2D eigenvalue weighted by Crippen LogP contribution is 2.30. The Labute approximate surface area is 142 Å². The quantitative estimate of drug-likeness (QED) is 0.751. The van der Waals surface area contributed by atoms with E-state index in [2.05, 4.69) is 47.1 Å². The first-order chi connectivity index (χ1) is 11.2. The van der Waals surface area contributed by atoms with Crippen LogP contribution >= 0.6 is 11.6 Å². The number of nitrogens with one attached hydrogen (secondary N) is 1. The molecule has 0 spiro atoms. The summed E-state index contributed by atoms with van der Waals surface area (Å²) >= 11 is 6.33. The Kier molecular flexibility index (Phi) is 3.88. The number of nitrogens with zero attached hydrogens (tertiary/aromatic N) is 1. The van der Waals surface area contributed by atoms with E-state index in [1.54, 1.807) is 0 Å². The molecule has 1 aliphatic heterocycles. The summed E-state index contributed by atoms with van der Waals surface area (Å²) in [6.45, 7) is 5.20. The maximum Gasteiger partial charge on any atom is 0.0486 e. The van der Waals surface area contributed by atoms with Crippen LogP contribution in [-0.4, -0.2) is 11.1 Å². The maximum atomic E-state index is 6.33. The van der Waals surface area contributed by atoms with Gasteiger partial charge in [0, 0.05) is 47.7 Å². The van der Waals surface area contributed by atoms with Gasteiger partial charge in [-0.2, -0.15) is 0 Å². The topological polar surface area (TPSA) is 17.0 Å². The van der Waals surface area contributed by atoms with Crippen LogP contribution in [0.4, 0.5) is 0 Å². The highest BCUT2D eigenvalue weighted by atomic mass is 35.5. The average molecular weight is 325 g/mol. The Morgan fingerprint density at radius 1 is 1.17 bits per heavy atom. The zero-order valence-electron chi connectivity index (χ0n) is 13.4. The first kappa shape index (κ1) is 14.8. The van der Waals surface area contributed by atoms with Gasteiger partial charge in [-0.05, 0) is 42.7 Å². The van der Waals surface area contributed by atoms with E-state index >= 15 is 0 Å². The van der Waals surface area contributed by atoms with Crippen LogP contribution in [-0.2, 0) is 25.9 Å². The van der Waals surface area contributed by atoms with Crippen molar-refractivity contribution < 1.29 is 0 Å². The summed E-state index contributed by atoms with van der Waals surface area (Å²) in [5, 5.41) is 5.79. The molecule has 1 aromatic heterocycles. The number of aryl methyl sites for hydroxylation is 3. The van der Waals surface area contributed by atoms with E-state index in [0.29, 0.717) is 0 Å². The first-order valence-electron chi connectivity index (χ1n) is 8.29. The lowest BCUT2D eigenvalue weighted by Crippen LogP contribution is -2.24. The second-order valence-corrected chi connectivity index (χ2v) is 6.77. The Bertz CT molecular complexity index is 863. The SMILES string of the molecule is Cc1ccc2c(c1)c1c(n2CCc2ccccc2Cl)CCNC1. The van der Waals surface area contributed by atoms with Crippen LogP contribution in [0.3, 0.4) is 0 Å². The molecule has 3 heteroatoms. The summed E-state index contributed by atoms with van der Waals surface area (Å²) in [5.74, 6) is 0. The zero-order valence-corrected chi connectivity index (χ0v) is 14.2. The normalized spacial score (nSPS) is 14.2. The standard InChI is InChI=1S/C20H21ClN2/c1-14-6-7-19-16(12-14)17-13-22-10-8-20(17)23(19)11-9-15-4-2-3-5-18(15)21/h2-7,12,22H,8-11,13H2,1H3. The van der Waals surface area contributed by atoms with E-state index in [1.165, 1.54) is 33.3 Å². The molecule has 23 heavy (non-hydrogen) atoms. The lowest BCUT2D eigenvalue weighted by molar-refractivity contribution is 0.594. The average Bonchev–Trinajstić information content (AvgIpc) is 2.88. The van der Waals surface area contributed by atoms with Gasteiger partial charge in [0.2, 0.25) is 0 Å². The smallest absolute Gasteiger partial charge is 0.0486 e. The third-order valence-corrected chi connectivity index (χ3v) is 5.21. The number of halogens is 1. The molecule has 2 aromatic carbocycles. The Balaban J connectivity index is 1.76. The van der Waals surface area contributed by atoms with Gasteiger partial charge in [0.15, 0.2) is 0 Å². The molecule has 0 saturated heterocycles. The molecule has 0 atom stereocenters. The van der Waals surface area contributed by atoms with Crippen molar-refractivity contribution in [3.05, 3.63) is 69.9 Å². The molecule has 1 aliphatic rings. The molecule has 4 rings (SSSR count). The van der Waals surface area contributed by atoms with Crippen molar-refractivity contribution in [3.63, 3.8) is 0 Å². The van der Waals surface area contributed by atoms with Crippen molar-refractivity contribution in [2.24, 2.45) is 0 Å². The summed E-state index contributed by atoms with van der Waals surface area (Å²) in [7, 11) is 0. The van der Waals surface area contributed by atoms with Crippen molar-refractivity contribution in [2.45, 2.75) is 32.9 Å². The second-order valence-electron chi connectivity index (χ2n) is 6.37. The maximum absolute atomic E-state index is 6.33. The lowest BCUT2D eigenvalue weighted by Gasteiger charge is -2.17. The molecule has 0 radical (unpaired) electrons. The molecule has 2 heterocycles. The van der Waals surface area contributed by atoms with E-state index in [4.69, 9.17) is 11.6 Å². The summed E-state index contributed by atoms with van der Waals surface area (Å²) in [6.07, 6.45) is 2.07. The van der Waals surface area contributed by atoms with Gasteiger partial charge in [0.25, 0.3) is 0 Å². The van der Waals surface area contributed by atoms with Crippen LogP contribution in [0.5, 0.6) is 0 Å². The van der Waals surface area contributed by atoms with Crippen molar-refractivity contribution in [1.29, 1.82) is 0 Å². The van der Waals surface area contributed by atoms with E-state index in [9.17, 15) is 0 Å². The highest BCUT2D eigenvalue weighted by molar-refractivity contribution is 6.31. The predicted octanol–water partition coefficient (Wildman–Crippen LogP) is 4.49. The van der Waals surface area contributed by atoms with Crippen LogP contribution < -0.4 is 5.32 Å². The van der Waals surface area contributed by atoms with Gasteiger partial charge in [-0.15, -0.1) is 0 Å². The third kappa shape index (κ3) is 2.66. The molecule has 0 fully saturated rings. The zero-order chi connectivity index (χ0) is 15.8. The van der Waals surface area contributed by atoms with Gasteiger partial charge in [-0.25, -0.2) is 0 Å². The van der Waals surface area contributed by atoms with Crippen LogP contribution in [0.1, 0.15) is 22.4 Å². The van der Waals surface area contributed by atoms with E-state index in [-0.39, 0.29) is 0 Å². The van der Waals surface area contributed by atoms with Gasteiger partial charge in [-0.3, -0.25) is 0 Å². The Morgan fingerprint density at radius 3 is 2.91 bits per heavy atom. The molecule has 3 aromatic rings. The summed E-state index contributed by atoms with van der Waals surface area (Å²) < 4.78 is 2.51. The molecule has 0 bridgehead atoms. The summed E-state index contributed by atoms with van der Waals surface area (Å²) in [6, 6.07) is 15.0. The molecule has 0 unspecified atom stereocenters. The molecule has 0 saturated carbocycles. The van der Waals surface area contributed by atoms with Crippen LogP contribution in [0.25, 0.3) is 10.9 Å². The second kappa shape index (κ2) is 6.03. The molecule has 2 nitrogen and oxygen atoms in total. The number of rotatable bonds is 3. The van der Waals surface area contributed by atoms with Crippen molar-refractivity contribution in [3.8, 4) is 0 Å². The van der Waals surface area contributed by atoms with Gasteiger partial charge in [-0.1, -0.05) is 41.4 Å². The molecule has 118 valence electrons. The number of fused-ring (bicyclic) bond motifs is 3. The van der Waals surface area contributed by atoms with Crippen molar-refractivity contribution >= 4 is 22.5 Å².